The van der Waals surface area contributed by atoms with E-state index in [1.165, 1.54) is 0 Å². The Bertz CT molecular complexity index is 468. The lowest BCUT2D eigenvalue weighted by Gasteiger charge is -2.10. The van der Waals surface area contributed by atoms with Crippen LogP contribution in [-0.2, 0) is 0 Å². The third-order valence-electron chi connectivity index (χ3n) is 2.64. The van der Waals surface area contributed by atoms with Gasteiger partial charge in [-0.2, -0.15) is 0 Å². The van der Waals surface area contributed by atoms with Crippen LogP contribution < -0.4 is 0 Å². The highest BCUT2D eigenvalue weighted by Crippen LogP contribution is 2.27. The number of furan rings is 1. The van der Waals surface area contributed by atoms with Crippen LogP contribution in [0.15, 0.2) is 22.8 Å². The lowest BCUT2D eigenvalue weighted by Crippen LogP contribution is -1.99. The molecule has 0 aliphatic rings. The van der Waals surface area contributed by atoms with E-state index in [4.69, 9.17) is 9.40 Å². The zero-order valence-corrected chi connectivity index (χ0v) is 9.74. The van der Waals surface area contributed by atoms with Gasteiger partial charge in [-0.25, -0.2) is 0 Å². The fraction of sp³-hybridized carbons (Fsp3) is 0.462. The van der Waals surface area contributed by atoms with Crippen molar-refractivity contribution in [2.75, 3.05) is 0 Å². The Hall–Kier alpha value is -1.31. The van der Waals surface area contributed by atoms with Crippen LogP contribution in [0, 0.1) is 0 Å². The first-order valence-electron chi connectivity index (χ1n) is 5.47. The fourth-order valence-electron chi connectivity index (χ4n) is 1.75. The van der Waals surface area contributed by atoms with Crippen LogP contribution in [0.1, 0.15) is 50.9 Å². The van der Waals surface area contributed by atoms with Crippen LogP contribution >= 0.6 is 0 Å². The third kappa shape index (κ3) is 1.76. The van der Waals surface area contributed by atoms with Crippen molar-refractivity contribution in [1.29, 1.82) is 0 Å². The monoisotopic (exact) mass is 203 g/mol. The maximum absolute atomic E-state index is 5.46. The summed E-state index contributed by atoms with van der Waals surface area (Å²) in [6.45, 7) is 8.64. The molecule has 2 aromatic heterocycles. The molecule has 0 unspecified atom stereocenters. The number of aromatic nitrogens is 1. The molecule has 2 heteroatoms. The van der Waals surface area contributed by atoms with Crippen LogP contribution in [0.25, 0.3) is 11.0 Å². The molecule has 2 aromatic rings. The minimum atomic E-state index is 0.434. The van der Waals surface area contributed by atoms with Crippen LogP contribution in [0.5, 0.6) is 0 Å². The highest BCUT2D eigenvalue weighted by molar-refractivity contribution is 5.80. The van der Waals surface area contributed by atoms with Gasteiger partial charge in [0, 0.05) is 17.1 Å². The van der Waals surface area contributed by atoms with Gasteiger partial charge in [0.2, 0.25) is 0 Å². The van der Waals surface area contributed by atoms with E-state index in [1.807, 2.05) is 12.1 Å². The molecule has 0 fully saturated rings. The normalized spacial score (nSPS) is 11.9. The second-order valence-electron chi connectivity index (χ2n) is 4.57. The average Bonchev–Trinajstić information content (AvgIpc) is 2.62. The van der Waals surface area contributed by atoms with E-state index in [2.05, 4.69) is 27.7 Å². The first-order chi connectivity index (χ1) is 7.09. The molecule has 0 atom stereocenters. The third-order valence-corrected chi connectivity index (χ3v) is 2.64. The molecule has 0 bridgehead atoms. The lowest BCUT2D eigenvalue weighted by molar-refractivity contribution is 0.613. The number of rotatable bonds is 2. The minimum Gasteiger partial charge on any atom is -0.464 e. The standard InChI is InChI=1S/C13H17NO/c1-8(2)11-7-12-10(5-6-15-12)13(14-11)9(3)4/h5-9H,1-4H3. The summed E-state index contributed by atoms with van der Waals surface area (Å²) in [6.07, 6.45) is 1.74. The maximum atomic E-state index is 5.46. The van der Waals surface area contributed by atoms with Gasteiger partial charge in [-0.05, 0) is 17.9 Å². The van der Waals surface area contributed by atoms with Crippen molar-refractivity contribution < 1.29 is 4.42 Å². The Morgan fingerprint density at radius 2 is 1.87 bits per heavy atom. The van der Waals surface area contributed by atoms with Crippen LogP contribution in [0.4, 0.5) is 0 Å². The molecule has 2 heterocycles. The quantitative estimate of drug-likeness (QED) is 0.735. The molecular weight excluding hydrogens is 186 g/mol. The summed E-state index contributed by atoms with van der Waals surface area (Å²) < 4.78 is 5.46. The molecule has 0 aliphatic carbocycles. The molecule has 2 nitrogen and oxygen atoms in total. The number of hydrogen-bond donors (Lipinski definition) is 0. The van der Waals surface area contributed by atoms with Gasteiger partial charge in [-0.3, -0.25) is 4.98 Å². The zero-order chi connectivity index (χ0) is 11.0. The molecule has 0 saturated heterocycles. The molecule has 0 N–H and O–H groups in total. The van der Waals surface area contributed by atoms with E-state index in [0.717, 1.165) is 22.4 Å². The second kappa shape index (κ2) is 3.69. The van der Waals surface area contributed by atoms with Gasteiger partial charge >= 0.3 is 0 Å². The van der Waals surface area contributed by atoms with Gasteiger partial charge in [0.15, 0.2) is 0 Å². The van der Waals surface area contributed by atoms with E-state index < -0.39 is 0 Å². The largest absolute Gasteiger partial charge is 0.464 e. The molecular formula is C13H17NO. The summed E-state index contributed by atoms with van der Waals surface area (Å²) in [5.74, 6) is 0.876. The summed E-state index contributed by atoms with van der Waals surface area (Å²) in [4.78, 5) is 4.71. The molecule has 0 amide bonds. The summed E-state index contributed by atoms with van der Waals surface area (Å²) in [7, 11) is 0. The molecule has 2 rings (SSSR count). The van der Waals surface area contributed by atoms with Crippen molar-refractivity contribution >= 4 is 11.0 Å². The summed E-state index contributed by atoms with van der Waals surface area (Å²) >= 11 is 0. The predicted octanol–water partition coefficient (Wildman–Crippen LogP) is 4.07. The SMILES string of the molecule is CC(C)c1cc2occc2c(C(C)C)n1. The Morgan fingerprint density at radius 3 is 2.47 bits per heavy atom. The van der Waals surface area contributed by atoms with Crippen molar-refractivity contribution in [1.82, 2.24) is 4.98 Å². The van der Waals surface area contributed by atoms with Gasteiger partial charge in [0.25, 0.3) is 0 Å². The predicted molar refractivity (Wildman–Crippen MR) is 62.2 cm³/mol. The van der Waals surface area contributed by atoms with Crippen molar-refractivity contribution in [2.45, 2.75) is 39.5 Å². The molecule has 80 valence electrons. The van der Waals surface area contributed by atoms with E-state index >= 15 is 0 Å². The van der Waals surface area contributed by atoms with Crippen LogP contribution in [0.3, 0.4) is 0 Å². The fourth-order valence-corrected chi connectivity index (χ4v) is 1.75. The van der Waals surface area contributed by atoms with E-state index in [9.17, 15) is 0 Å². The van der Waals surface area contributed by atoms with Crippen molar-refractivity contribution in [3.8, 4) is 0 Å². The Morgan fingerprint density at radius 1 is 1.13 bits per heavy atom. The molecule has 0 radical (unpaired) electrons. The van der Waals surface area contributed by atoms with E-state index in [0.29, 0.717) is 11.8 Å². The van der Waals surface area contributed by atoms with Gasteiger partial charge in [0.1, 0.15) is 5.58 Å². The minimum absolute atomic E-state index is 0.434. The van der Waals surface area contributed by atoms with E-state index in [-0.39, 0.29) is 0 Å². The van der Waals surface area contributed by atoms with E-state index in [1.54, 1.807) is 6.26 Å². The second-order valence-corrected chi connectivity index (χ2v) is 4.57. The average molecular weight is 203 g/mol. The molecule has 15 heavy (non-hydrogen) atoms. The first kappa shape index (κ1) is 10.2. The van der Waals surface area contributed by atoms with Crippen LogP contribution in [-0.4, -0.2) is 4.98 Å². The Kier molecular flexibility index (Phi) is 2.51. The number of hydrogen-bond acceptors (Lipinski definition) is 2. The maximum Gasteiger partial charge on any atom is 0.137 e. The Balaban J connectivity index is 2.69. The smallest absolute Gasteiger partial charge is 0.137 e. The van der Waals surface area contributed by atoms with Crippen molar-refractivity contribution in [3.63, 3.8) is 0 Å². The summed E-state index contributed by atoms with van der Waals surface area (Å²) in [5, 5.41) is 1.15. The number of pyridine rings is 1. The summed E-state index contributed by atoms with van der Waals surface area (Å²) in [6, 6.07) is 4.05. The molecule has 0 saturated carbocycles. The molecule has 0 aromatic carbocycles. The van der Waals surface area contributed by atoms with Crippen molar-refractivity contribution in [2.24, 2.45) is 0 Å². The lowest BCUT2D eigenvalue weighted by atomic mass is 10.0. The highest BCUT2D eigenvalue weighted by Gasteiger charge is 2.12. The Labute approximate surface area is 90.3 Å². The molecule has 0 aliphatic heterocycles. The summed E-state index contributed by atoms with van der Waals surface area (Å²) in [5.41, 5.74) is 3.21. The highest BCUT2D eigenvalue weighted by atomic mass is 16.3. The zero-order valence-electron chi connectivity index (χ0n) is 9.74. The van der Waals surface area contributed by atoms with Gasteiger partial charge in [-0.1, -0.05) is 27.7 Å². The van der Waals surface area contributed by atoms with Gasteiger partial charge in [-0.15, -0.1) is 0 Å². The van der Waals surface area contributed by atoms with Crippen LogP contribution in [0.2, 0.25) is 0 Å². The topological polar surface area (TPSA) is 26.0 Å². The number of nitrogens with zero attached hydrogens (tertiary/aromatic N) is 1. The van der Waals surface area contributed by atoms with Gasteiger partial charge in [0.05, 0.1) is 12.0 Å². The first-order valence-corrected chi connectivity index (χ1v) is 5.47. The number of fused-ring (bicyclic) bond motifs is 1. The van der Waals surface area contributed by atoms with Crippen molar-refractivity contribution in [3.05, 3.63) is 29.8 Å². The van der Waals surface area contributed by atoms with Gasteiger partial charge < -0.3 is 4.42 Å². The molecule has 0 spiro atoms.